The second kappa shape index (κ2) is 6.08. The molecule has 0 spiro atoms. The van der Waals surface area contributed by atoms with E-state index in [1.165, 1.54) is 22.3 Å². The van der Waals surface area contributed by atoms with Gasteiger partial charge in [0, 0.05) is 5.41 Å². The summed E-state index contributed by atoms with van der Waals surface area (Å²) in [6, 6.07) is 29.8. The summed E-state index contributed by atoms with van der Waals surface area (Å²) < 4.78 is 0. The van der Waals surface area contributed by atoms with Crippen LogP contribution in [-0.4, -0.2) is 0 Å². The van der Waals surface area contributed by atoms with Gasteiger partial charge in [-0.3, -0.25) is 0 Å². The van der Waals surface area contributed by atoms with Crippen molar-refractivity contribution < 1.29 is 0 Å². The molecule has 0 radical (unpaired) electrons. The molecule has 2 atom stereocenters. The van der Waals surface area contributed by atoms with E-state index >= 15 is 0 Å². The SMILES string of the molecule is C[C@]1(c2ccccc2)Cc2ccccc2[C@]1(N)c1ccccc1.Cl. The van der Waals surface area contributed by atoms with E-state index in [1.807, 2.05) is 6.07 Å². The van der Waals surface area contributed by atoms with E-state index < -0.39 is 5.54 Å². The maximum Gasteiger partial charge on any atom is 0.0766 e. The molecular weight excluding hydrogens is 314 g/mol. The van der Waals surface area contributed by atoms with E-state index in [-0.39, 0.29) is 17.8 Å². The van der Waals surface area contributed by atoms with Gasteiger partial charge in [-0.25, -0.2) is 0 Å². The molecule has 0 amide bonds. The zero-order chi connectivity index (χ0) is 15.9. The van der Waals surface area contributed by atoms with Crippen LogP contribution < -0.4 is 5.73 Å². The number of benzene rings is 3. The maximum atomic E-state index is 7.20. The van der Waals surface area contributed by atoms with Crippen LogP contribution in [-0.2, 0) is 17.4 Å². The Kier molecular flexibility index (Phi) is 4.25. The molecule has 1 aliphatic carbocycles. The zero-order valence-corrected chi connectivity index (χ0v) is 14.6. The van der Waals surface area contributed by atoms with E-state index in [9.17, 15) is 0 Å². The fraction of sp³-hybridized carbons (Fsp3) is 0.182. The maximum absolute atomic E-state index is 7.20. The van der Waals surface area contributed by atoms with E-state index in [0.29, 0.717) is 0 Å². The first-order valence-electron chi connectivity index (χ1n) is 8.14. The van der Waals surface area contributed by atoms with Gasteiger partial charge in [0.25, 0.3) is 0 Å². The van der Waals surface area contributed by atoms with Crippen molar-refractivity contribution in [3.8, 4) is 0 Å². The van der Waals surface area contributed by atoms with E-state index in [2.05, 4.69) is 85.8 Å². The summed E-state index contributed by atoms with van der Waals surface area (Å²) in [5, 5.41) is 0. The van der Waals surface area contributed by atoms with Crippen LogP contribution in [0.2, 0.25) is 0 Å². The van der Waals surface area contributed by atoms with Crippen molar-refractivity contribution in [1.29, 1.82) is 0 Å². The van der Waals surface area contributed by atoms with Gasteiger partial charge in [0.05, 0.1) is 5.54 Å². The molecule has 24 heavy (non-hydrogen) atoms. The fourth-order valence-corrected chi connectivity index (χ4v) is 4.19. The molecule has 3 aromatic carbocycles. The summed E-state index contributed by atoms with van der Waals surface area (Å²) in [6.45, 7) is 2.30. The van der Waals surface area contributed by atoms with Crippen LogP contribution in [0.15, 0.2) is 84.9 Å². The van der Waals surface area contributed by atoms with Gasteiger partial charge < -0.3 is 5.73 Å². The number of hydrogen-bond donors (Lipinski definition) is 1. The van der Waals surface area contributed by atoms with Crippen LogP contribution in [0.1, 0.15) is 29.2 Å². The van der Waals surface area contributed by atoms with Crippen molar-refractivity contribution in [2.75, 3.05) is 0 Å². The van der Waals surface area contributed by atoms with Crippen LogP contribution in [0.5, 0.6) is 0 Å². The Morgan fingerprint density at radius 1 is 0.708 bits per heavy atom. The predicted molar refractivity (Wildman–Crippen MR) is 103 cm³/mol. The minimum atomic E-state index is -0.522. The van der Waals surface area contributed by atoms with Crippen molar-refractivity contribution in [1.82, 2.24) is 0 Å². The molecule has 0 bridgehead atoms. The average molecular weight is 336 g/mol. The Hall–Kier alpha value is -2.09. The molecule has 1 aliphatic rings. The van der Waals surface area contributed by atoms with Crippen LogP contribution in [0, 0.1) is 0 Å². The number of fused-ring (bicyclic) bond motifs is 1. The molecule has 2 N–H and O–H groups in total. The number of halogens is 1. The normalized spacial score (nSPS) is 24.9. The lowest BCUT2D eigenvalue weighted by Gasteiger charge is -2.42. The first-order valence-corrected chi connectivity index (χ1v) is 8.14. The zero-order valence-electron chi connectivity index (χ0n) is 13.8. The molecule has 0 fully saturated rings. The quantitative estimate of drug-likeness (QED) is 0.713. The molecule has 122 valence electrons. The molecule has 0 unspecified atom stereocenters. The van der Waals surface area contributed by atoms with Gasteiger partial charge in [-0.2, -0.15) is 0 Å². The summed E-state index contributed by atoms with van der Waals surface area (Å²) in [5.41, 5.74) is 11.6. The second-order valence-electron chi connectivity index (χ2n) is 6.71. The Bertz CT molecular complexity index is 831. The molecule has 0 heterocycles. The third-order valence-electron chi connectivity index (χ3n) is 5.50. The highest BCUT2D eigenvalue weighted by molar-refractivity contribution is 5.85. The van der Waals surface area contributed by atoms with Crippen LogP contribution in [0.3, 0.4) is 0 Å². The molecule has 0 saturated carbocycles. The summed E-state index contributed by atoms with van der Waals surface area (Å²) >= 11 is 0. The van der Waals surface area contributed by atoms with Crippen molar-refractivity contribution >= 4 is 12.4 Å². The molecule has 1 nitrogen and oxygen atoms in total. The number of rotatable bonds is 2. The van der Waals surface area contributed by atoms with Crippen LogP contribution >= 0.6 is 12.4 Å². The van der Waals surface area contributed by atoms with Crippen molar-refractivity contribution in [3.63, 3.8) is 0 Å². The lowest BCUT2D eigenvalue weighted by Crippen LogP contribution is -2.52. The topological polar surface area (TPSA) is 26.0 Å². The largest absolute Gasteiger partial charge is 0.317 e. The molecule has 0 aromatic heterocycles. The average Bonchev–Trinajstić information content (AvgIpc) is 2.86. The van der Waals surface area contributed by atoms with Gasteiger partial charge in [-0.05, 0) is 28.7 Å². The molecule has 4 rings (SSSR count). The first-order chi connectivity index (χ1) is 11.2. The van der Waals surface area contributed by atoms with Crippen LogP contribution in [0.4, 0.5) is 0 Å². The van der Waals surface area contributed by atoms with Gasteiger partial charge in [0.2, 0.25) is 0 Å². The Labute approximate surface area is 149 Å². The molecule has 0 saturated heterocycles. The highest BCUT2D eigenvalue weighted by Crippen LogP contribution is 2.53. The van der Waals surface area contributed by atoms with Crippen LogP contribution in [0.25, 0.3) is 0 Å². The molecule has 3 aromatic rings. The highest BCUT2D eigenvalue weighted by atomic mass is 35.5. The fourth-order valence-electron chi connectivity index (χ4n) is 4.19. The van der Waals surface area contributed by atoms with Gasteiger partial charge >= 0.3 is 0 Å². The van der Waals surface area contributed by atoms with E-state index in [0.717, 1.165) is 6.42 Å². The summed E-state index contributed by atoms with van der Waals surface area (Å²) in [6.07, 6.45) is 0.957. The Morgan fingerprint density at radius 2 is 1.21 bits per heavy atom. The number of hydrogen-bond acceptors (Lipinski definition) is 1. The van der Waals surface area contributed by atoms with Gasteiger partial charge in [-0.15, -0.1) is 12.4 Å². The molecule has 0 aliphatic heterocycles. The third kappa shape index (κ3) is 2.20. The third-order valence-corrected chi connectivity index (χ3v) is 5.50. The predicted octanol–water partition coefficient (Wildman–Crippen LogP) is 4.82. The first kappa shape index (κ1) is 16.8. The van der Waals surface area contributed by atoms with Gasteiger partial charge in [0.15, 0.2) is 0 Å². The van der Waals surface area contributed by atoms with Crippen molar-refractivity contribution in [2.45, 2.75) is 24.3 Å². The Balaban J connectivity index is 0.00000169. The lowest BCUT2D eigenvalue weighted by atomic mass is 9.64. The van der Waals surface area contributed by atoms with Gasteiger partial charge in [-0.1, -0.05) is 91.9 Å². The molecule has 2 heteroatoms. The highest BCUT2D eigenvalue weighted by Gasteiger charge is 2.54. The summed E-state index contributed by atoms with van der Waals surface area (Å²) in [5.74, 6) is 0. The van der Waals surface area contributed by atoms with Crippen molar-refractivity contribution in [3.05, 3.63) is 107 Å². The minimum absolute atomic E-state index is 0. The van der Waals surface area contributed by atoms with E-state index in [1.54, 1.807) is 0 Å². The lowest BCUT2D eigenvalue weighted by molar-refractivity contribution is 0.315. The van der Waals surface area contributed by atoms with Crippen molar-refractivity contribution in [2.24, 2.45) is 5.73 Å². The smallest absolute Gasteiger partial charge is 0.0766 e. The standard InChI is InChI=1S/C22H21N.ClH/c1-21(18-11-4-2-5-12-18)16-17-10-8-9-15-20(17)22(21,23)19-13-6-3-7-14-19;/h2-15H,16,23H2,1H3;1H/t21-,22-;/m1./s1. The molecular formula is C22H22ClN. The second-order valence-corrected chi connectivity index (χ2v) is 6.71. The number of nitrogens with two attached hydrogens (primary N) is 1. The monoisotopic (exact) mass is 335 g/mol. The summed E-state index contributed by atoms with van der Waals surface area (Å²) in [7, 11) is 0. The Morgan fingerprint density at radius 3 is 1.83 bits per heavy atom. The summed E-state index contributed by atoms with van der Waals surface area (Å²) in [4.78, 5) is 0. The van der Waals surface area contributed by atoms with Gasteiger partial charge in [0.1, 0.15) is 0 Å². The van der Waals surface area contributed by atoms with E-state index in [4.69, 9.17) is 5.73 Å². The minimum Gasteiger partial charge on any atom is -0.317 e.